The SMILES string of the molecule is O=C(O)c1cc2ccccc2n1P(=O)(O)O. The molecular weight excluding hydrogens is 233 g/mol. The molecule has 0 atom stereocenters. The Balaban J connectivity index is 2.91. The third-order valence-corrected chi connectivity index (χ3v) is 3.12. The van der Waals surface area contributed by atoms with Crippen LogP contribution in [0.4, 0.5) is 0 Å². The first-order chi connectivity index (χ1) is 7.41. The number of carboxylic acids is 1. The molecule has 0 saturated carbocycles. The van der Waals surface area contributed by atoms with Gasteiger partial charge in [0.05, 0.1) is 5.52 Å². The number of fused-ring (bicyclic) bond motifs is 1. The molecule has 0 aliphatic rings. The van der Waals surface area contributed by atoms with Gasteiger partial charge in [-0.25, -0.2) is 13.7 Å². The van der Waals surface area contributed by atoms with Gasteiger partial charge in [-0.1, -0.05) is 18.2 Å². The largest absolute Gasteiger partial charge is 0.477 e. The smallest absolute Gasteiger partial charge is 0.434 e. The Labute approximate surface area is 90.0 Å². The molecule has 0 fully saturated rings. The van der Waals surface area contributed by atoms with E-state index in [1.165, 1.54) is 12.1 Å². The minimum atomic E-state index is -4.67. The summed E-state index contributed by atoms with van der Waals surface area (Å²) in [5, 5.41) is 9.34. The van der Waals surface area contributed by atoms with Crippen LogP contribution in [-0.2, 0) is 4.57 Å². The van der Waals surface area contributed by atoms with Crippen LogP contribution in [0, 0.1) is 0 Å². The summed E-state index contributed by atoms with van der Waals surface area (Å²) in [6.45, 7) is 0. The van der Waals surface area contributed by atoms with Crippen LogP contribution < -0.4 is 0 Å². The normalized spacial score (nSPS) is 11.9. The monoisotopic (exact) mass is 241 g/mol. The average molecular weight is 241 g/mol. The van der Waals surface area contributed by atoms with Crippen LogP contribution in [-0.4, -0.2) is 25.2 Å². The number of aromatic carboxylic acids is 1. The fourth-order valence-electron chi connectivity index (χ4n) is 1.57. The lowest BCUT2D eigenvalue weighted by atomic mass is 10.2. The lowest BCUT2D eigenvalue weighted by molar-refractivity contribution is 0.0688. The molecule has 0 aliphatic carbocycles. The molecule has 84 valence electrons. The fraction of sp³-hybridized carbons (Fsp3) is 0. The van der Waals surface area contributed by atoms with Gasteiger partial charge in [0, 0.05) is 5.39 Å². The van der Waals surface area contributed by atoms with Gasteiger partial charge in [-0.2, -0.15) is 0 Å². The molecule has 2 rings (SSSR count). The molecule has 16 heavy (non-hydrogen) atoms. The first kappa shape index (κ1) is 10.9. The zero-order valence-corrected chi connectivity index (χ0v) is 8.83. The quantitative estimate of drug-likeness (QED) is 0.687. The molecule has 1 aromatic carbocycles. The van der Waals surface area contributed by atoms with Crippen LogP contribution in [0.5, 0.6) is 0 Å². The Kier molecular flexibility index (Phi) is 2.35. The lowest BCUT2D eigenvalue weighted by Gasteiger charge is -2.08. The molecule has 7 heteroatoms. The van der Waals surface area contributed by atoms with Crippen molar-refractivity contribution < 1.29 is 24.3 Å². The van der Waals surface area contributed by atoms with Crippen molar-refractivity contribution >= 4 is 24.6 Å². The average Bonchev–Trinajstić information content (AvgIpc) is 2.55. The Morgan fingerprint density at radius 1 is 1.25 bits per heavy atom. The van der Waals surface area contributed by atoms with Gasteiger partial charge >= 0.3 is 13.7 Å². The number of aromatic nitrogens is 1. The van der Waals surface area contributed by atoms with Gasteiger partial charge in [-0.15, -0.1) is 0 Å². The van der Waals surface area contributed by atoms with Gasteiger partial charge < -0.3 is 14.9 Å². The van der Waals surface area contributed by atoms with Gasteiger partial charge in [0.25, 0.3) is 0 Å². The second-order valence-electron chi connectivity index (χ2n) is 3.22. The van der Waals surface area contributed by atoms with Gasteiger partial charge in [0.2, 0.25) is 0 Å². The van der Waals surface area contributed by atoms with E-state index in [-0.39, 0.29) is 5.52 Å². The molecule has 0 saturated heterocycles. The number of hydrogen-bond donors (Lipinski definition) is 3. The van der Waals surface area contributed by atoms with Crippen LogP contribution in [0.2, 0.25) is 0 Å². The zero-order valence-electron chi connectivity index (χ0n) is 7.94. The topological polar surface area (TPSA) is 99.8 Å². The molecule has 0 amide bonds. The minimum Gasteiger partial charge on any atom is -0.477 e. The van der Waals surface area contributed by atoms with E-state index < -0.39 is 19.4 Å². The maximum absolute atomic E-state index is 11.2. The number of para-hydroxylation sites is 1. The van der Waals surface area contributed by atoms with Crippen LogP contribution in [0.25, 0.3) is 10.9 Å². The van der Waals surface area contributed by atoms with E-state index in [1.807, 2.05) is 0 Å². The number of hydrogen-bond acceptors (Lipinski definition) is 2. The molecule has 6 nitrogen and oxygen atoms in total. The number of benzene rings is 1. The van der Waals surface area contributed by atoms with E-state index >= 15 is 0 Å². The first-order valence-corrected chi connectivity index (χ1v) is 5.88. The summed E-state index contributed by atoms with van der Waals surface area (Å²) in [5.74, 6) is -1.38. The fourth-order valence-corrected chi connectivity index (χ4v) is 2.46. The molecule has 3 N–H and O–H groups in total. The minimum absolute atomic E-state index is 0.202. The van der Waals surface area contributed by atoms with Gasteiger partial charge in [0.1, 0.15) is 5.69 Å². The Hall–Kier alpha value is -1.62. The summed E-state index contributed by atoms with van der Waals surface area (Å²) < 4.78 is 11.8. The molecule has 2 aromatic rings. The van der Waals surface area contributed by atoms with Crippen LogP contribution in [0.1, 0.15) is 10.5 Å². The van der Waals surface area contributed by atoms with Crippen molar-refractivity contribution in [3.8, 4) is 0 Å². The number of carbonyl (C=O) groups is 1. The van der Waals surface area contributed by atoms with E-state index in [2.05, 4.69) is 0 Å². The van der Waals surface area contributed by atoms with Crippen molar-refractivity contribution in [2.45, 2.75) is 0 Å². The second-order valence-corrected chi connectivity index (χ2v) is 4.65. The molecule has 0 aliphatic heterocycles. The first-order valence-electron chi connectivity index (χ1n) is 4.31. The van der Waals surface area contributed by atoms with Crippen molar-refractivity contribution in [2.75, 3.05) is 0 Å². The molecule has 0 spiro atoms. The highest BCUT2D eigenvalue weighted by Crippen LogP contribution is 2.42. The Bertz CT molecular complexity index is 611. The highest BCUT2D eigenvalue weighted by atomic mass is 31.2. The van der Waals surface area contributed by atoms with E-state index in [9.17, 15) is 9.36 Å². The molecule has 1 heterocycles. The highest BCUT2D eigenvalue weighted by molar-refractivity contribution is 7.50. The van der Waals surface area contributed by atoms with E-state index in [0.29, 0.717) is 9.72 Å². The zero-order chi connectivity index (χ0) is 11.9. The van der Waals surface area contributed by atoms with Gasteiger partial charge in [0.15, 0.2) is 0 Å². The van der Waals surface area contributed by atoms with Crippen molar-refractivity contribution in [1.82, 2.24) is 4.34 Å². The summed E-state index contributed by atoms with van der Waals surface area (Å²) in [5.41, 5.74) is -0.220. The molecule has 1 aromatic heterocycles. The lowest BCUT2D eigenvalue weighted by Crippen LogP contribution is -2.06. The predicted molar refractivity (Wildman–Crippen MR) is 56.3 cm³/mol. The second kappa shape index (κ2) is 3.45. The standard InChI is InChI=1S/C9H8NO5P/c11-9(12)8-5-6-3-1-2-4-7(6)10(8)16(13,14)15/h1-5H,(H,11,12)(H2,13,14,15). The molecule has 0 unspecified atom stereocenters. The van der Waals surface area contributed by atoms with E-state index in [1.54, 1.807) is 18.2 Å². The maximum atomic E-state index is 11.2. The number of nitrogens with zero attached hydrogens (tertiary/aromatic N) is 1. The Morgan fingerprint density at radius 2 is 1.88 bits per heavy atom. The summed E-state index contributed by atoms with van der Waals surface area (Å²) in [4.78, 5) is 29.1. The Morgan fingerprint density at radius 3 is 2.44 bits per heavy atom. The summed E-state index contributed by atoms with van der Waals surface area (Å²) >= 11 is 0. The predicted octanol–water partition coefficient (Wildman–Crippen LogP) is 1.28. The van der Waals surface area contributed by atoms with Crippen LogP contribution >= 0.6 is 7.75 Å². The van der Waals surface area contributed by atoms with Crippen molar-refractivity contribution in [3.05, 3.63) is 36.0 Å². The highest BCUT2D eigenvalue weighted by Gasteiger charge is 2.26. The van der Waals surface area contributed by atoms with Crippen molar-refractivity contribution in [1.29, 1.82) is 0 Å². The number of carboxylic acid groups (broad SMARTS) is 1. The van der Waals surface area contributed by atoms with Gasteiger partial charge in [-0.3, -0.25) is 0 Å². The summed E-state index contributed by atoms with van der Waals surface area (Å²) in [7, 11) is -4.67. The van der Waals surface area contributed by atoms with Gasteiger partial charge in [-0.05, 0) is 12.1 Å². The van der Waals surface area contributed by atoms with Crippen molar-refractivity contribution in [3.63, 3.8) is 0 Å². The summed E-state index contributed by atoms with van der Waals surface area (Å²) in [6.07, 6.45) is 0. The molecular formula is C9H8NO5P. The number of rotatable bonds is 2. The van der Waals surface area contributed by atoms with Crippen LogP contribution in [0.15, 0.2) is 30.3 Å². The molecule has 0 bridgehead atoms. The summed E-state index contributed by atoms with van der Waals surface area (Å²) in [6, 6.07) is 7.53. The van der Waals surface area contributed by atoms with Crippen molar-refractivity contribution in [2.24, 2.45) is 0 Å². The van der Waals surface area contributed by atoms with E-state index in [4.69, 9.17) is 14.9 Å². The third kappa shape index (κ3) is 1.63. The maximum Gasteiger partial charge on any atom is 0.434 e. The van der Waals surface area contributed by atoms with E-state index in [0.717, 1.165) is 0 Å². The van der Waals surface area contributed by atoms with Crippen LogP contribution in [0.3, 0.4) is 0 Å². The third-order valence-electron chi connectivity index (χ3n) is 2.17. The molecule has 0 radical (unpaired) electrons.